The molecule has 0 saturated heterocycles. The number of carbonyl (C=O) groups excluding carboxylic acids is 3. The van der Waals surface area contributed by atoms with Crippen molar-refractivity contribution in [3.63, 3.8) is 0 Å². The van der Waals surface area contributed by atoms with Crippen LogP contribution in [0.5, 0.6) is 5.75 Å². The molecule has 0 aliphatic heterocycles. The summed E-state index contributed by atoms with van der Waals surface area (Å²) in [5.41, 5.74) is 2.26. The van der Waals surface area contributed by atoms with Gasteiger partial charge in [0.05, 0.1) is 0 Å². The fourth-order valence-corrected chi connectivity index (χ4v) is 2.81. The van der Waals surface area contributed by atoms with Crippen LogP contribution in [0.4, 0.5) is 5.69 Å². The molecule has 0 fully saturated rings. The smallest absolute Gasteiger partial charge is 0.342 e. The largest absolute Gasteiger partial charge is 0.488 e. The van der Waals surface area contributed by atoms with E-state index in [1.54, 1.807) is 48.5 Å². The highest BCUT2D eigenvalue weighted by Crippen LogP contribution is 2.21. The van der Waals surface area contributed by atoms with Crippen LogP contribution in [-0.2, 0) is 16.1 Å². The second-order valence-corrected chi connectivity index (χ2v) is 6.94. The van der Waals surface area contributed by atoms with Crippen LogP contribution in [0.2, 0.25) is 0 Å². The molecule has 0 spiro atoms. The number of ether oxygens (including phenoxy) is 2. The number of ketones is 1. The summed E-state index contributed by atoms with van der Waals surface area (Å²) < 4.78 is 11.1. The number of hydrogen-bond donors (Lipinski definition) is 1. The first-order valence-corrected chi connectivity index (χ1v) is 9.82. The summed E-state index contributed by atoms with van der Waals surface area (Å²) in [6, 6.07) is 22.8. The van der Waals surface area contributed by atoms with Crippen molar-refractivity contribution in [1.29, 1.82) is 0 Å². The van der Waals surface area contributed by atoms with Crippen LogP contribution < -0.4 is 10.1 Å². The van der Waals surface area contributed by atoms with E-state index in [0.717, 1.165) is 5.56 Å². The van der Waals surface area contributed by atoms with Gasteiger partial charge in [-0.3, -0.25) is 9.59 Å². The van der Waals surface area contributed by atoms with E-state index in [9.17, 15) is 14.4 Å². The summed E-state index contributed by atoms with van der Waals surface area (Å²) in [6.07, 6.45) is -1.03. The molecular formula is C25H23NO5. The molecule has 0 aliphatic carbocycles. The molecule has 1 atom stereocenters. The highest BCUT2D eigenvalue weighted by Gasteiger charge is 2.21. The number of Topliss-reactive ketones (excluding diaryl/α,β-unsaturated/α-hetero) is 1. The predicted octanol–water partition coefficient (Wildman–Crippen LogP) is 4.65. The van der Waals surface area contributed by atoms with Gasteiger partial charge in [-0.2, -0.15) is 0 Å². The van der Waals surface area contributed by atoms with Crippen molar-refractivity contribution >= 4 is 23.3 Å². The van der Waals surface area contributed by atoms with Crippen molar-refractivity contribution in [3.8, 4) is 5.75 Å². The standard InChI is InChI=1S/C25H23NO5/c1-17(27)20-12-14-21(15-13-20)26-24(28)18(2)31-25(29)22-10-6-7-11-23(22)30-16-19-8-4-3-5-9-19/h3-15,18H,16H2,1-2H3,(H,26,28)/t18-/m1/s1. The lowest BCUT2D eigenvalue weighted by Gasteiger charge is -2.15. The molecule has 0 aromatic heterocycles. The Kier molecular flexibility index (Phi) is 7.17. The quantitative estimate of drug-likeness (QED) is 0.426. The van der Waals surface area contributed by atoms with Gasteiger partial charge >= 0.3 is 5.97 Å². The third-order valence-corrected chi connectivity index (χ3v) is 4.56. The Bertz CT molecular complexity index is 1060. The highest BCUT2D eigenvalue weighted by atomic mass is 16.5. The summed E-state index contributed by atoms with van der Waals surface area (Å²) in [5, 5.41) is 2.67. The predicted molar refractivity (Wildman–Crippen MR) is 117 cm³/mol. The van der Waals surface area contributed by atoms with E-state index in [1.165, 1.54) is 13.8 Å². The van der Waals surface area contributed by atoms with E-state index in [0.29, 0.717) is 23.6 Å². The monoisotopic (exact) mass is 417 g/mol. The van der Waals surface area contributed by atoms with Gasteiger partial charge in [-0.1, -0.05) is 42.5 Å². The van der Waals surface area contributed by atoms with Crippen LogP contribution in [0.3, 0.4) is 0 Å². The zero-order valence-electron chi connectivity index (χ0n) is 17.3. The van der Waals surface area contributed by atoms with E-state index in [-0.39, 0.29) is 11.3 Å². The Labute approximate surface area is 180 Å². The number of esters is 1. The molecule has 3 aromatic carbocycles. The van der Waals surface area contributed by atoms with Gasteiger partial charge in [0.15, 0.2) is 11.9 Å². The van der Waals surface area contributed by atoms with Gasteiger partial charge in [0.1, 0.15) is 17.9 Å². The number of nitrogens with one attached hydrogen (secondary N) is 1. The van der Waals surface area contributed by atoms with Crippen molar-refractivity contribution in [2.45, 2.75) is 26.6 Å². The third kappa shape index (κ3) is 6.02. The molecule has 6 nitrogen and oxygen atoms in total. The van der Waals surface area contributed by atoms with Gasteiger partial charge in [0.2, 0.25) is 0 Å². The lowest BCUT2D eigenvalue weighted by atomic mass is 10.1. The van der Waals surface area contributed by atoms with Crippen LogP contribution in [0.1, 0.15) is 40.1 Å². The minimum Gasteiger partial charge on any atom is -0.488 e. The molecule has 0 aliphatic rings. The molecule has 0 unspecified atom stereocenters. The topological polar surface area (TPSA) is 81.7 Å². The zero-order valence-corrected chi connectivity index (χ0v) is 17.3. The van der Waals surface area contributed by atoms with Crippen molar-refractivity contribution in [3.05, 3.63) is 95.6 Å². The van der Waals surface area contributed by atoms with Crippen LogP contribution in [0.15, 0.2) is 78.9 Å². The van der Waals surface area contributed by atoms with Crippen LogP contribution >= 0.6 is 0 Å². The maximum absolute atomic E-state index is 12.6. The van der Waals surface area contributed by atoms with Gasteiger partial charge in [-0.25, -0.2) is 4.79 Å². The maximum atomic E-state index is 12.6. The molecule has 0 radical (unpaired) electrons. The molecular weight excluding hydrogens is 394 g/mol. The fraction of sp³-hybridized carbons (Fsp3) is 0.160. The van der Waals surface area contributed by atoms with Crippen molar-refractivity contribution < 1.29 is 23.9 Å². The van der Waals surface area contributed by atoms with E-state index < -0.39 is 18.0 Å². The number of amides is 1. The number of hydrogen-bond acceptors (Lipinski definition) is 5. The average Bonchev–Trinajstić information content (AvgIpc) is 2.78. The molecule has 158 valence electrons. The molecule has 1 amide bonds. The molecule has 0 heterocycles. The third-order valence-electron chi connectivity index (χ3n) is 4.56. The molecule has 0 saturated carbocycles. The summed E-state index contributed by atoms with van der Waals surface area (Å²) in [7, 11) is 0. The first-order chi connectivity index (χ1) is 14.9. The normalized spacial score (nSPS) is 11.3. The number of anilines is 1. The Morgan fingerprint density at radius 2 is 1.52 bits per heavy atom. The Morgan fingerprint density at radius 1 is 0.871 bits per heavy atom. The summed E-state index contributed by atoms with van der Waals surface area (Å²) >= 11 is 0. The maximum Gasteiger partial charge on any atom is 0.342 e. The van der Waals surface area contributed by atoms with Crippen LogP contribution in [0.25, 0.3) is 0 Å². The Balaban J connectivity index is 1.61. The van der Waals surface area contributed by atoms with Crippen molar-refractivity contribution in [1.82, 2.24) is 0 Å². The van der Waals surface area contributed by atoms with Gasteiger partial charge in [0.25, 0.3) is 5.91 Å². The number of benzene rings is 3. The lowest BCUT2D eigenvalue weighted by Crippen LogP contribution is -2.30. The first kappa shape index (κ1) is 21.8. The van der Waals surface area contributed by atoms with Crippen LogP contribution in [0, 0.1) is 0 Å². The average molecular weight is 417 g/mol. The van der Waals surface area contributed by atoms with Crippen LogP contribution in [-0.4, -0.2) is 23.8 Å². The Morgan fingerprint density at radius 3 is 2.19 bits per heavy atom. The van der Waals surface area contributed by atoms with Crippen molar-refractivity contribution in [2.24, 2.45) is 0 Å². The van der Waals surface area contributed by atoms with E-state index in [1.807, 2.05) is 30.3 Å². The second kappa shape index (κ2) is 10.2. The summed E-state index contributed by atoms with van der Waals surface area (Å²) in [6.45, 7) is 3.26. The molecule has 3 rings (SSSR count). The molecule has 3 aromatic rings. The summed E-state index contributed by atoms with van der Waals surface area (Å²) in [5.74, 6) is -0.818. The number of para-hydroxylation sites is 1. The van der Waals surface area contributed by atoms with E-state index in [2.05, 4.69) is 5.32 Å². The fourth-order valence-electron chi connectivity index (χ4n) is 2.81. The SMILES string of the molecule is CC(=O)c1ccc(NC(=O)[C@@H](C)OC(=O)c2ccccc2OCc2ccccc2)cc1. The van der Waals surface area contributed by atoms with Gasteiger partial charge < -0.3 is 14.8 Å². The van der Waals surface area contributed by atoms with E-state index in [4.69, 9.17) is 9.47 Å². The zero-order chi connectivity index (χ0) is 22.2. The highest BCUT2D eigenvalue weighted by molar-refractivity contribution is 5.99. The second-order valence-electron chi connectivity index (χ2n) is 6.94. The van der Waals surface area contributed by atoms with Gasteiger partial charge in [-0.15, -0.1) is 0 Å². The molecule has 31 heavy (non-hydrogen) atoms. The van der Waals surface area contributed by atoms with Crippen molar-refractivity contribution in [2.75, 3.05) is 5.32 Å². The number of rotatable bonds is 8. The molecule has 1 N–H and O–H groups in total. The van der Waals surface area contributed by atoms with E-state index >= 15 is 0 Å². The molecule has 0 bridgehead atoms. The summed E-state index contributed by atoms with van der Waals surface area (Å²) in [4.78, 5) is 36.4. The lowest BCUT2D eigenvalue weighted by molar-refractivity contribution is -0.123. The Hall–Kier alpha value is -3.93. The van der Waals surface area contributed by atoms with Gasteiger partial charge in [0, 0.05) is 11.3 Å². The minimum atomic E-state index is -1.03. The number of carbonyl (C=O) groups is 3. The minimum absolute atomic E-state index is 0.0617. The van der Waals surface area contributed by atoms with Gasteiger partial charge in [-0.05, 0) is 55.8 Å². The first-order valence-electron chi connectivity index (χ1n) is 9.82. The molecule has 6 heteroatoms.